The van der Waals surface area contributed by atoms with Crippen molar-refractivity contribution in [3.8, 4) is 11.5 Å². The van der Waals surface area contributed by atoms with Crippen molar-refractivity contribution in [1.29, 1.82) is 0 Å². The molecule has 8 heteroatoms. The van der Waals surface area contributed by atoms with Gasteiger partial charge in [-0.1, -0.05) is 41.4 Å². The van der Waals surface area contributed by atoms with E-state index >= 15 is 0 Å². The largest absolute Gasteiger partial charge is 0.493 e. The summed E-state index contributed by atoms with van der Waals surface area (Å²) >= 11 is 12.5. The van der Waals surface area contributed by atoms with Crippen LogP contribution in [0, 0.1) is 0 Å². The van der Waals surface area contributed by atoms with Gasteiger partial charge in [-0.3, -0.25) is 0 Å². The lowest BCUT2D eigenvalue weighted by Crippen LogP contribution is -2.12. The van der Waals surface area contributed by atoms with Gasteiger partial charge in [-0.25, -0.2) is 4.68 Å². The third-order valence-electron chi connectivity index (χ3n) is 3.50. The monoisotopic (exact) mass is 378 g/mol. The number of benzene rings is 2. The molecular weight excluding hydrogens is 363 g/mol. The van der Waals surface area contributed by atoms with E-state index in [2.05, 4.69) is 15.6 Å². The first kappa shape index (κ1) is 17.4. The van der Waals surface area contributed by atoms with Crippen LogP contribution in [0.5, 0.6) is 11.5 Å². The number of aromatic nitrogens is 3. The number of hydrogen-bond donors (Lipinski definition) is 1. The Hall–Kier alpha value is -2.44. The van der Waals surface area contributed by atoms with Crippen molar-refractivity contribution in [2.45, 2.75) is 13.2 Å². The van der Waals surface area contributed by atoms with Gasteiger partial charge in [0.15, 0.2) is 11.5 Å². The van der Waals surface area contributed by atoms with Gasteiger partial charge in [-0.05, 0) is 23.8 Å². The van der Waals surface area contributed by atoms with E-state index in [1.807, 2.05) is 36.4 Å². The minimum absolute atomic E-state index is 0.300. The molecule has 0 aliphatic heterocycles. The molecule has 0 unspecified atom stereocenters. The molecule has 3 aromatic rings. The highest BCUT2D eigenvalue weighted by Gasteiger charge is 2.13. The van der Waals surface area contributed by atoms with Crippen LogP contribution < -0.4 is 14.9 Å². The molecule has 25 heavy (non-hydrogen) atoms. The highest BCUT2D eigenvalue weighted by atomic mass is 35.5. The molecule has 0 aliphatic carbocycles. The molecule has 0 amide bonds. The van der Waals surface area contributed by atoms with Crippen LogP contribution in [0.3, 0.4) is 0 Å². The SMILES string of the molecule is COc1cc(CNn2cnnc2)cc(Cl)c1OCc1ccccc1Cl. The summed E-state index contributed by atoms with van der Waals surface area (Å²) < 4.78 is 12.9. The third kappa shape index (κ3) is 4.35. The Balaban J connectivity index is 1.74. The summed E-state index contributed by atoms with van der Waals surface area (Å²) in [5.74, 6) is 1.04. The number of hydrogen-bond acceptors (Lipinski definition) is 5. The Labute approximate surface area is 155 Å². The second kappa shape index (κ2) is 8.09. The van der Waals surface area contributed by atoms with E-state index in [1.165, 1.54) is 0 Å². The van der Waals surface area contributed by atoms with Crippen LogP contribution >= 0.6 is 23.2 Å². The minimum Gasteiger partial charge on any atom is -0.493 e. The normalized spacial score (nSPS) is 10.5. The van der Waals surface area contributed by atoms with Crippen LogP contribution in [0.1, 0.15) is 11.1 Å². The maximum absolute atomic E-state index is 6.38. The standard InChI is InChI=1S/C17H16Cl2N4O2/c1-24-16-7-12(8-22-23-10-20-21-11-23)6-15(19)17(16)25-9-13-4-2-3-5-14(13)18/h2-7,10-11,22H,8-9H2,1H3. The third-order valence-corrected chi connectivity index (χ3v) is 4.15. The molecule has 0 atom stereocenters. The smallest absolute Gasteiger partial charge is 0.180 e. The molecule has 0 bridgehead atoms. The Morgan fingerprint density at radius 2 is 1.84 bits per heavy atom. The van der Waals surface area contributed by atoms with Crippen LogP contribution in [-0.4, -0.2) is 22.0 Å². The fourth-order valence-electron chi connectivity index (χ4n) is 2.25. The second-order valence-corrected chi connectivity index (χ2v) is 6.01. The molecule has 0 fully saturated rings. The molecule has 2 aromatic carbocycles. The molecule has 1 heterocycles. The molecule has 0 aliphatic rings. The van der Waals surface area contributed by atoms with Gasteiger partial charge in [0.2, 0.25) is 0 Å². The van der Waals surface area contributed by atoms with E-state index in [4.69, 9.17) is 32.7 Å². The van der Waals surface area contributed by atoms with Crippen LogP contribution in [0.25, 0.3) is 0 Å². The molecule has 3 rings (SSSR count). The number of methoxy groups -OCH3 is 1. The maximum atomic E-state index is 6.38. The number of halogens is 2. The highest BCUT2D eigenvalue weighted by molar-refractivity contribution is 6.32. The number of nitrogens with zero attached hydrogens (tertiary/aromatic N) is 3. The molecule has 130 valence electrons. The summed E-state index contributed by atoms with van der Waals surface area (Å²) in [4.78, 5) is 0. The van der Waals surface area contributed by atoms with Gasteiger partial charge >= 0.3 is 0 Å². The lowest BCUT2D eigenvalue weighted by atomic mass is 10.2. The van der Waals surface area contributed by atoms with Gasteiger partial charge in [0, 0.05) is 10.6 Å². The maximum Gasteiger partial charge on any atom is 0.180 e. The second-order valence-electron chi connectivity index (χ2n) is 5.19. The van der Waals surface area contributed by atoms with Crippen molar-refractivity contribution < 1.29 is 9.47 Å². The highest BCUT2D eigenvalue weighted by Crippen LogP contribution is 2.37. The van der Waals surface area contributed by atoms with Crippen molar-refractivity contribution in [3.63, 3.8) is 0 Å². The Morgan fingerprint density at radius 1 is 1.08 bits per heavy atom. The summed E-state index contributed by atoms with van der Waals surface area (Å²) in [6.45, 7) is 0.826. The van der Waals surface area contributed by atoms with E-state index < -0.39 is 0 Å². The van der Waals surface area contributed by atoms with E-state index in [0.717, 1.165) is 11.1 Å². The summed E-state index contributed by atoms with van der Waals surface area (Å²) in [6.07, 6.45) is 3.14. The summed E-state index contributed by atoms with van der Waals surface area (Å²) in [7, 11) is 1.57. The molecule has 0 saturated heterocycles. The van der Waals surface area contributed by atoms with Crippen LogP contribution in [0.4, 0.5) is 0 Å². The lowest BCUT2D eigenvalue weighted by molar-refractivity contribution is 0.284. The summed E-state index contributed by atoms with van der Waals surface area (Å²) in [5.41, 5.74) is 4.93. The minimum atomic E-state index is 0.300. The Bertz CT molecular complexity index is 841. The van der Waals surface area contributed by atoms with Crippen molar-refractivity contribution >= 4 is 23.2 Å². The molecule has 1 N–H and O–H groups in total. The van der Waals surface area contributed by atoms with Gasteiger partial charge in [0.1, 0.15) is 19.3 Å². The van der Waals surface area contributed by atoms with Gasteiger partial charge in [0.25, 0.3) is 0 Å². The van der Waals surface area contributed by atoms with Crippen LogP contribution in [0.15, 0.2) is 49.1 Å². The van der Waals surface area contributed by atoms with E-state index in [1.54, 1.807) is 24.4 Å². The van der Waals surface area contributed by atoms with Crippen molar-refractivity contribution in [2.24, 2.45) is 0 Å². The predicted molar refractivity (Wildman–Crippen MR) is 96.9 cm³/mol. The average Bonchev–Trinajstić information content (AvgIpc) is 3.13. The van der Waals surface area contributed by atoms with E-state index in [0.29, 0.717) is 34.7 Å². The zero-order valence-electron chi connectivity index (χ0n) is 13.4. The zero-order chi connectivity index (χ0) is 17.6. The number of ether oxygens (including phenoxy) is 2. The fourth-order valence-corrected chi connectivity index (χ4v) is 2.72. The van der Waals surface area contributed by atoms with Gasteiger partial charge in [-0.2, -0.15) is 0 Å². The van der Waals surface area contributed by atoms with Crippen molar-refractivity contribution in [2.75, 3.05) is 12.5 Å². The number of rotatable bonds is 7. The summed E-state index contributed by atoms with van der Waals surface area (Å²) in [5, 5.41) is 8.57. The zero-order valence-corrected chi connectivity index (χ0v) is 15.0. The molecule has 0 saturated carbocycles. The topological polar surface area (TPSA) is 61.2 Å². The fraction of sp³-hybridized carbons (Fsp3) is 0.176. The Kier molecular flexibility index (Phi) is 5.63. The molecular formula is C17H16Cl2N4O2. The molecule has 0 spiro atoms. The molecule has 1 aromatic heterocycles. The van der Waals surface area contributed by atoms with Crippen molar-refractivity contribution in [3.05, 3.63) is 70.2 Å². The van der Waals surface area contributed by atoms with E-state index in [-0.39, 0.29) is 0 Å². The first-order chi connectivity index (χ1) is 12.2. The van der Waals surface area contributed by atoms with Gasteiger partial charge < -0.3 is 14.9 Å². The predicted octanol–water partition coefficient (Wildman–Crippen LogP) is 3.92. The molecule has 6 nitrogen and oxygen atoms in total. The quantitative estimate of drug-likeness (QED) is 0.674. The first-order valence-electron chi connectivity index (χ1n) is 7.48. The summed E-state index contributed by atoms with van der Waals surface area (Å²) in [6, 6.07) is 11.2. The number of nitrogens with one attached hydrogen (secondary N) is 1. The Morgan fingerprint density at radius 3 is 2.56 bits per heavy atom. The van der Waals surface area contributed by atoms with Gasteiger partial charge in [0.05, 0.1) is 18.7 Å². The van der Waals surface area contributed by atoms with Crippen LogP contribution in [-0.2, 0) is 13.2 Å². The van der Waals surface area contributed by atoms with Crippen LogP contribution in [0.2, 0.25) is 10.0 Å². The van der Waals surface area contributed by atoms with E-state index in [9.17, 15) is 0 Å². The van der Waals surface area contributed by atoms with Crippen molar-refractivity contribution in [1.82, 2.24) is 14.9 Å². The first-order valence-corrected chi connectivity index (χ1v) is 8.24. The molecule has 0 radical (unpaired) electrons. The lowest BCUT2D eigenvalue weighted by Gasteiger charge is -2.15. The average molecular weight is 379 g/mol. The van der Waals surface area contributed by atoms with Gasteiger partial charge in [-0.15, -0.1) is 10.2 Å².